The van der Waals surface area contributed by atoms with Gasteiger partial charge in [0, 0.05) is 6.04 Å². The normalized spacial score (nSPS) is 13.0. The van der Waals surface area contributed by atoms with Crippen LogP contribution in [0.3, 0.4) is 0 Å². The first-order valence-electron chi connectivity index (χ1n) is 10.9. The van der Waals surface area contributed by atoms with Crippen LogP contribution in [-0.4, -0.2) is 19.1 Å². The average molecular weight is 339 g/mol. The summed E-state index contributed by atoms with van der Waals surface area (Å²) in [4.78, 5) is 0. The lowest BCUT2D eigenvalue weighted by Crippen LogP contribution is -2.24. The number of nitrogens with two attached hydrogens (primary N) is 1. The van der Waals surface area contributed by atoms with E-state index in [1.165, 1.54) is 89.9 Å². The molecule has 0 aliphatic rings. The monoisotopic (exact) mass is 338 g/mol. The molecule has 144 valence electrons. The first-order chi connectivity index (χ1) is 11.8. The summed E-state index contributed by atoms with van der Waals surface area (Å²) in [6.45, 7) is 6.59. The molecule has 2 nitrogen and oxygen atoms in total. The second-order valence-corrected chi connectivity index (χ2v) is 7.45. The number of hydrogen-bond acceptors (Lipinski definition) is 2. The minimum atomic E-state index is 0.331. The lowest BCUT2D eigenvalue weighted by Gasteiger charge is -2.06. The Morgan fingerprint density at radius 2 is 1.21 bits per heavy atom. The van der Waals surface area contributed by atoms with Gasteiger partial charge >= 0.3 is 0 Å². The second kappa shape index (κ2) is 20.7. The highest BCUT2D eigenvalue weighted by molar-refractivity contribution is 4.81. The Hall–Kier alpha value is -0.340. The van der Waals surface area contributed by atoms with Crippen LogP contribution in [-0.2, 0) is 0 Å². The van der Waals surface area contributed by atoms with Crippen molar-refractivity contribution < 1.29 is 0 Å². The molecular weight excluding hydrogens is 292 g/mol. The molecule has 0 heterocycles. The Bertz CT molecular complexity index is 248. The van der Waals surface area contributed by atoms with Crippen LogP contribution in [0.15, 0.2) is 12.2 Å². The first-order valence-corrected chi connectivity index (χ1v) is 10.9. The van der Waals surface area contributed by atoms with E-state index in [1.54, 1.807) is 0 Å². The predicted molar refractivity (Wildman–Crippen MR) is 111 cm³/mol. The molecule has 0 saturated heterocycles. The van der Waals surface area contributed by atoms with Crippen molar-refractivity contribution in [3.05, 3.63) is 12.2 Å². The molecule has 0 spiro atoms. The molecule has 2 heteroatoms. The fourth-order valence-electron chi connectivity index (χ4n) is 2.95. The molecule has 0 aromatic heterocycles. The largest absolute Gasteiger partial charge is 0.328 e. The Morgan fingerprint density at radius 3 is 1.75 bits per heavy atom. The van der Waals surface area contributed by atoms with Crippen molar-refractivity contribution in [2.24, 2.45) is 5.73 Å². The zero-order valence-corrected chi connectivity index (χ0v) is 16.8. The van der Waals surface area contributed by atoms with Crippen LogP contribution in [0.2, 0.25) is 0 Å². The Morgan fingerprint density at radius 1 is 0.708 bits per heavy atom. The summed E-state index contributed by atoms with van der Waals surface area (Å²) in [6, 6.07) is 0.331. The second-order valence-electron chi connectivity index (χ2n) is 7.45. The van der Waals surface area contributed by atoms with Gasteiger partial charge in [0.1, 0.15) is 0 Å². The smallest absolute Gasteiger partial charge is 0.00225 e. The maximum Gasteiger partial charge on any atom is 0.00225 e. The third kappa shape index (κ3) is 21.7. The molecule has 0 bridgehead atoms. The molecule has 3 N–H and O–H groups in total. The third-order valence-electron chi connectivity index (χ3n) is 4.64. The minimum Gasteiger partial charge on any atom is -0.328 e. The lowest BCUT2D eigenvalue weighted by atomic mass is 10.1. The fraction of sp³-hybridized carbons (Fsp3) is 0.909. The molecule has 0 radical (unpaired) electrons. The van der Waals surface area contributed by atoms with Crippen molar-refractivity contribution in [1.82, 2.24) is 5.32 Å². The summed E-state index contributed by atoms with van der Waals surface area (Å²) >= 11 is 0. The maximum absolute atomic E-state index is 5.72. The van der Waals surface area contributed by atoms with E-state index in [9.17, 15) is 0 Å². The van der Waals surface area contributed by atoms with Crippen LogP contribution >= 0.6 is 0 Å². The number of allylic oxidation sites excluding steroid dienone is 2. The van der Waals surface area contributed by atoms with Crippen molar-refractivity contribution in [2.75, 3.05) is 13.1 Å². The van der Waals surface area contributed by atoms with Gasteiger partial charge in [-0.3, -0.25) is 0 Å². The highest BCUT2D eigenvalue weighted by Crippen LogP contribution is 2.09. The first kappa shape index (κ1) is 23.7. The highest BCUT2D eigenvalue weighted by atomic mass is 14.8. The van der Waals surface area contributed by atoms with E-state index in [0.717, 1.165) is 19.5 Å². The van der Waals surface area contributed by atoms with Crippen molar-refractivity contribution in [3.63, 3.8) is 0 Å². The summed E-state index contributed by atoms with van der Waals surface area (Å²) in [5.41, 5.74) is 5.72. The molecule has 0 saturated carbocycles. The topological polar surface area (TPSA) is 38.0 Å². The number of unbranched alkanes of at least 4 members (excludes halogenated alkanes) is 12. The van der Waals surface area contributed by atoms with Crippen molar-refractivity contribution >= 4 is 0 Å². The van der Waals surface area contributed by atoms with Crippen molar-refractivity contribution in [3.8, 4) is 0 Å². The molecule has 1 atom stereocenters. The van der Waals surface area contributed by atoms with Gasteiger partial charge in [0.15, 0.2) is 0 Å². The fourth-order valence-corrected chi connectivity index (χ4v) is 2.95. The van der Waals surface area contributed by atoms with E-state index < -0.39 is 0 Å². The van der Waals surface area contributed by atoms with Gasteiger partial charge in [0.05, 0.1) is 0 Å². The maximum atomic E-state index is 5.72. The van der Waals surface area contributed by atoms with E-state index in [4.69, 9.17) is 5.73 Å². The van der Waals surface area contributed by atoms with Gasteiger partial charge < -0.3 is 11.1 Å². The van der Waals surface area contributed by atoms with Crippen molar-refractivity contribution in [1.29, 1.82) is 0 Å². The molecule has 0 fully saturated rings. The molecule has 0 aromatic rings. The summed E-state index contributed by atoms with van der Waals surface area (Å²) < 4.78 is 0. The van der Waals surface area contributed by atoms with E-state index in [1.807, 2.05) is 0 Å². The standard InChI is InChI=1S/C22H46N2/c1-3-4-5-6-7-8-9-10-11-12-13-14-15-16-17-18-20-24-21-19-22(2)23/h10-11,22,24H,3-9,12-21,23H2,1-2H3/b11-10-. The van der Waals surface area contributed by atoms with E-state index in [-0.39, 0.29) is 0 Å². The van der Waals surface area contributed by atoms with Gasteiger partial charge in [-0.2, -0.15) is 0 Å². The molecular formula is C22H46N2. The molecule has 0 aliphatic carbocycles. The summed E-state index contributed by atoms with van der Waals surface area (Å²) in [5, 5.41) is 3.48. The summed E-state index contributed by atoms with van der Waals surface area (Å²) in [5.74, 6) is 0. The molecule has 1 unspecified atom stereocenters. The molecule has 0 aromatic carbocycles. The molecule has 0 rings (SSSR count). The third-order valence-corrected chi connectivity index (χ3v) is 4.64. The van der Waals surface area contributed by atoms with E-state index >= 15 is 0 Å². The van der Waals surface area contributed by atoms with E-state index in [2.05, 4.69) is 31.3 Å². The van der Waals surface area contributed by atoms with Gasteiger partial charge in [-0.05, 0) is 58.5 Å². The number of nitrogens with one attached hydrogen (secondary N) is 1. The lowest BCUT2D eigenvalue weighted by molar-refractivity contribution is 0.544. The number of rotatable bonds is 19. The van der Waals surface area contributed by atoms with Gasteiger partial charge in [0.25, 0.3) is 0 Å². The van der Waals surface area contributed by atoms with Gasteiger partial charge in [-0.15, -0.1) is 0 Å². The summed E-state index contributed by atoms with van der Waals surface area (Å²) in [6.07, 6.45) is 25.2. The zero-order valence-electron chi connectivity index (χ0n) is 16.8. The molecule has 0 aliphatic heterocycles. The van der Waals surface area contributed by atoms with Gasteiger partial charge in [0.2, 0.25) is 0 Å². The van der Waals surface area contributed by atoms with Crippen molar-refractivity contribution in [2.45, 2.75) is 116 Å². The van der Waals surface area contributed by atoms with Crippen LogP contribution in [0.1, 0.15) is 110 Å². The molecule has 0 amide bonds. The van der Waals surface area contributed by atoms with Gasteiger partial charge in [-0.1, -0.05) is 76.9 Å². The van der Waals surface area contributed by atoms with Crippen LogP contribution in [0.25, 0.3) is 0 Å². The van der Waals surface area contributed by atoms with Crippen LogP contribution in [0.5, 0.6) is 0 Å². The molecule has 24 heavy (non-hydrogen) atoms. The minimum absolute atomic E-state index is 0.331. The van der Waals surface area contributed by atoms with Crippen LogP contribution in [0.4, 0.5) is 0 Å². The quantitative estimate of drug-likeness (QED) is 0.213. The Balaban J connectivity index is 3.05. The zero-order chi connectivity index (χ0) is 17.7. The number of hydrogen-bond donors (Lipinski definition) is 2. The Kier molecular flexibility index (Phi) is 20.4. The SMILES string of the molecule is CCCCCCCC/C=C\CCCCCCCCNCCC(C)N. The highest BCUT2D eigenvalue weighted by Gasteiger charge is 1.94. The van der Waals surface area contributed by atoms with Gasteiger partial charge in [-0.25, -0.2) is 0 Å². The predicted octanol–water partition coefficient (Wildman–Crippen LogP) is 6.35. The Labute approximate surface area is 153 Å². The van der Waals surface area contributed by atoms with Crippen LogP contribution in [0, 0.1) is 0 Å². The van der Waals surface area contributed by atoms with E-state index in [0.29, 0.717) is 6.04 Å². The van der Waals surface area contributed by atoms with Crippen LogP contribution < -0.4 is 11.1 Å². The average Bonchev–Trinajstić information content (AvgIpc) is 2.56. The summed E-state index contributed by atoms with van der Waals surface area (Å²) in [7, 11) is 0.